The molecule has 0 spiro atoms. The maximum absolute atomic E-state index is 12.9. The Morgan fingerprint density at radius 2 is 2.00 bits per heavy atom. The predicted molar refractivity (Wildman–Crippen MR) is 105 cm³/mol. The first-order chi connectivity index (χ1) is 13.4. The summed E-state index contributed by atoms with van der Waals surface area (Å²) in [6.07, 6.45) is 1.88. The van der Waals surface area contributed by atoms with Gasteiger partial charge < -0.3 is 19.1 Å². The zero-order valence-electron chi connectivity index (χ0n) is 17.4. The van der Waals surface area contributed by atoms with E-state index in [0.717, 1.165) is 37.4 Å². The number of aromatic nitrogens is 2. The molecule has 1 aliphatic heterocycles. The summed E-state index contributed by atoms with van der Waals surface area (Å²) in [6.45, 7) is 9.52. The van der Waals surface area contributed by atoms with Crippen molar-refractivity contribution in [3.63, 3.8) is 0 Å². The highest BCUT2D eigenvalue weighted by atomic mass is 16.6. The first kappa shape index (κ1) is 20.8. The van der Waals surface area contributed by atoms with Crippen LogP contribution in [0.15, 0.2) is 12.1 Å². The number of carbonyl (C=O) groups excluding carboxylic acids is 1. The molecule has 0 radical (unpaired) electrons. The SMILES string of the molecule is COC[C@H](C1CC1)N(Cc1ccc(N2CCOCC2)nn1)C(=O)OC(C)(C)C. The summed E-state index contributed by atoms with van der Waals surface area (Å²) >= 11 is 0. The largest absolute Gasteiger partial charge is 0.444 e. The molecule has 1 aromatic rings. The predicted octanol–water partition coefficient (Wildman–Crippen LogP) is 2.48. The molecule has 3 rings (SSSR count). The maximum atomic E-state index is 12.9. The molecule has 2 aliphatic rings. The van der Waals surface area contributed by atoms with Crippen LogP contribution in [0.5, 0.6) is 0 Å². The van der Waals surface area contributed by atoms with E-state index in [-0.39, 0.29) is 12.1 Å². The molecule has 1 aliphatic carbocycles. The Kier molecular flexibility index (Phi) is 6.72. The second-order valence-electron chi connectivity index (χ2n) is 8.45. The molecule has 8 heteroatoms. The van der Waals surface area contributed by atoms with Crippen LogP contribution >= 0.6 is 0 Å². The standard InChI is InChI=1S/C20H32N4O4/c1-20(2,3)28-19(25)24(17(14-26-4)15-5-6-15)13-16-7-8-18(22-21-16)23-9-11-27-12-10-23/h7-8,15,17H,5-6,9-14H2,1-4H3/t17-/m1/s1. The third kappa shape index (κ3) is 5.78. The minimum Gasteiger partial charge on any atom is -0.444 e. The van der Waals surface area contributed by atoms with Gasteiger partial charge in [0.1, 0.15) is 5.60 Å². The number of nitrogens with zero attached hydrogens (tertiary/aromatic N) is 4. The third-order valence-electron chi connectivity index (χ3n) is 4.91. The Morgan fingerprint density at radius 3 is 2.54 bits per heavy atom. The zero-order chi connectivity index (χ0) is 20.1. The van der Waals surface area contributed by atoms with Crippen molar-refractivity contribution in [2.24, 2.45) is 5.92 Å². The smallest absolute Gasteiger partial charge is 0.410 e. The van der Waals surface area contributed by atoms with E-state index >= 15 is 0 Å². The molecule has 1 atom stereocenters. The molecule has 2 heterocycles. The number of anilines is 1. The number of morpholine rings is 1. The lowest BCUT2D eigenvalue weighted by Gasteiger charge is -2.33. The lowest BCUT2D eigenvalue weighted by molar-refractivity contribution is -0.000691. The normalized spacial score (nSPS) is 18.6. The fourth-order valence-electron chi connectivity index (χ4n) is 3.34. The van der Waals surface area contributed by atoms with Crippen LogP contribution in [0.4, 0.5) is 10.6 Å². The lowest BCUT2D eigenvalue weighted by Crippen LogP contribution is -2.46. The van der Waals surface area contributed by atoms with Crippen LogP contribution in [0, 0.1) is 5.92 Å². The first-order valence-corrected chi connectivity index (χ1v) is 10.0. The molecule has 1 aromatic heterocycles. The highest BCUT2D eigenvalue weighted by Crippen LogP contribution is 2.36. The summed E-state index contributed by atoms with van der Waals surface area (Å²) < 4.78 is 16.4. The fraction of sp³-hybridized carbons (Fsp3) is 0.750. The van der Waals surface area contributed by atoms with E-state index in [2.05, 4.69) is 15.1 Å². The van der Waals surface area contributed by atoms with Gasteiger partial charge in [-0.05, 0) is 51.7 Å². The second kappa shape index (κ2) is 9.05. The molecule has 1 saturated heterocycles. The molecular weight excluding hydrogens is 360 g/mol. The summed E-state index contributed by atoms with van der Waals surface area (Å²) in [5.41, 5.74) is 0.187. The molecule has 28 heavy (non-hydrogen) atoms. The summed E-state index contributed by atoms with van der Waals surface area (Å²) in [5.74, 6) is 1.29. The number of amides is 1. The number of methoxy groups -OCH3 is 1. The van der Waals surface area contributed by atoms with Gasteiger partial charge in [-0.3, -0.25) is 4.90 Å². The van der Waals surface area contributed by atoms with Gasteiger partial charge in [0.2, 0.25) is 0 Å². The average molecular weight is 393 g/mol. The second-order valence-corrected chi connectivity index (χ2v) is 8.45. The minimum atomic E-state index is -0.553. The summed E-state index contributed by atoms with van der Waals surface area (Å²) in [6, 6.07) is 3.88. The quantitative estimate of drug-likeness (QED) is 0.705. The summed E-state index contributed by atoms with van der Waals surface area (Å²) in [7, 11) is 1.67. The van der Waals surface area contributed by atoms with E-state index in [9.17, 15) is 4.79 Å². The van der Waals surface area contributed by atoms with Gasteiger partial charge in [0.25, 0.3) is 0 Å². The van der Waals surface area contributed by atoms with Crippen molar-refractivity contribution in [2.75, 3.05) is 44.9 Å². The van der Waals surface area contributed by atoms with Crippen LogP contribution in [0.1, 0.15) is 39.3 Å². The van der Waals surface area contributed by atoms with Crippen LogP contribution in [0.25, 0.3) is 0 Å². The molecule has 156 valence electrons. The molecule has 2 fully saturated rings. The van der Waals surface area contributed by atoms with Crippen molar-refractivity contribution >= 4 is 11.9 Å². The fourth-order valence-corrected chi connectivity index (χ4v) is 3.34. The molecular formula is C20H32N4O4. The van der Waals surface area contributed by atoms with Gasteiger partial charge in [0.15, 0.2) is 5.82 Å². The number of hydrogen-bond donors (Lipinski definition) is 0. The maximum Gasteiger partial charge on any atom is 0.410 e. The monoisotopic (exact) mass is 392 g/mol. The van der Waals surface area contributed by atoms with Crippen LogP contribution < -0.4 is 4.90 Å². The van der Waals surface area contributed by atoms with E-state index in [0.29, 0.717) is 32.3 Å². The zero-order valence-corrected chi connectivity index (χ0v) is 17.4. The molecule has 0 N–H and O–H groups in total. The molecule has 8 nitrogen and oxygen atoms in total. The van der Waals surface area contributed by atoms with E-state index in [1.165, 1.54) is 0 Å². The lowest BCUT2D eigenvalue weighted by atomic mass is 10.1. The highest BCUT2D eigenvalue weighted by molar-refractivity contribution is 5.68. The van der Waals surface area contributed by atoms with E-state index < -0.39 is 5.60 Å². The number of hydrogen-bond acceptors (Lipinski definition) is 7. The van der Waals surface area contributed by atoms with Gasteiger partial charge >= 0.3 is 6.09 Å². The Morgan fingerprint density at radius 1 is 1.29 bits per heavy atom. The summed E-state index contributed by atoms with van der Waals surface area (Å²) in [5, 5.41) is 8.74. The van der Waals surface area contributed by atoms with Crippen molar-refractivity contribution < 1.29 is 19.0 Å². The van der Waals surface area contributed by atoms with Gasteiger partial charge in [-0.15, -0.1) is 5.10 Å². The molecule has 0 unspecified atom stereocenters. The van der Waals surface area contributed by atoms with Gasteiger partial charge in [-0.1, -0.05) is 0 Å². The van der Waals surface area contributed by atoms with Gasteiger partial charge in [0, 0.05) is 20.2 Å². The van der Waals surface area contributed by atoms with Crippen molar-refractivity contribution in [1.29, 1.82) is 0 Å². The topological polar surface area (TPSA) is 77.0 Å². The van der Waals surface area contributed by atoms with Gasteiger partial charge in [0.05, 0.1) is 38.1 Å². The number of ether oxygens (including phenoxy) is 3. The van der Waals surface area contributed by atoms with Crippen LogP contribution in [0.2, 0.25) is 0 Å². The number of carbonyl (C=O) groups is 1. The molecule has 1 saturated carbocycles. The van der Waals surface area contributed by atoms with Crippen molar-refractivity contribution in [3.05, 3.63) is 17.8 Å². The Balaban J connectivity index is 1.73. The molecule has 1 amide bonds. The average Bonchev–Trinajstić information content (AvgIpc) is 3.49. The van der Waals surface area contributed by atoms with E-state index in [4.69, 9.17) is 14.2 Å². The Bertz CT molecular complexity index is 637. The first-order valence-electron chi connectivity index (χ1n) is 10.0. The summed E-state index contributed by atoms with van der Waals surface area (Å²) in [4.78, 5) is 16.8. The molecule has 0 bridgehead atoms. The minimum absolute atomic E-state index is 0.0134. The van der Waals surface area contributed by atoms with Gasteiger partial charge in [-0.2, -0.15) is 5.10 Å². The van der Waals surface area contributed by atoms with Gasteiger partial charge in [-0.25, -0.2) is 4.79 Å². The van der Waals surface area contributed by atoms with Crippen molar-refractivity contribution in [2.45, 2.75) is 51.8 Å². The van der Waals surface area contributed by atoms with Crippen LogP contribution in [-0.4, -0.2) is 72.9 Å². The Labute approximate surface area is 167 Å². The van der Waals surface area contributed by atoms with Crippen molar-refractivity contribution in [3.8, 4) is 0 Å². The van der Waals surface area contributed by atoms with Crippen LogP contribution in [0.3, 0.4) is 0 Å². The van der Waals surface area contributed by atoms with Crippen LogP contribution in [-0.2, 0) is 20.8 Å². The number of rotatable bonds is 7. The van der Waals surface area contributed by atoms with Crippen molar-refractivity contribution in [1.82, 2.24) is 15.1 Å². The molecule has 0 aromatic carbocycles. The third-order valence-corrected chi connectivity index (χ3v) is 4.91. The van der Waals surface area contributed by atoms with E-state index in [1.54, 1.807) is 12.0 Å². The highest BCUT2D eigenvalue weighted by Gasteiger charge is 2.39. The van der Waals surface area contributed by atoms with E-state index in [1.807, 2.05) is 32.9 Å². The Hall–Kier alpha value is -1.93.